The Morgan fingerprint density at radius 3 is 2.44 bits per heavy atom. The monoisotopic (exact) mass is 531 g/mol. The Balaban J connectivity index is 1.60. The number of benzene rings is 1. The van der Waals surface area contributed by atoms with Crippen LogP contribution in [0.15, 0.2) is 24.3 Å². The Hall–Kier alpha value is -2.70. The highest BCUT2D eigenvalue weighted by atomic mass is 35.5. The van der Waals surface area contributed by atoms with Gasteiger partial charge in [-0.1, -0.05) is 17.7 Å². The van der Waals surface area contributed by atoms with Gasteiger partial charge in [-0.05, 0) is 31.5 Å². The number of aromatic nitrogens is 3. The molecular weight excluding hydrogens is 509 g/mol. The summed E-state index contributed by atoms with van der Waals surface area (Å²) in [4.78, 5) is 13.3. The maximum Gasteiger partial charge on any atom is 0.419 e. The number of imidazole rings is 1. The Bertz CT molecular complexity index is 1260. The molecule has 194 valence electrons. The van der Waals surface area contributed by atoms with Crippen LogP contribution in [0, 0.1) is 6.92 Å². The van der Waals surface area contributed by atoms with Crippen LogP contribution in [0.25, 0.3) is 11.0 Å². The molecule has 1 aromatic carbocycles. The van der Waals surface area contributed by atoms with E-state index in [1.54, 1.807) is 4.57 Å². The molecule has 3 aromatic rings. The number of rotatable bonds is 5. The molecule has 0 radical (unpaired) electrons. The van der Waals surface area contributed by atoms with Crippen molar-refractivity contribution in [2.24, 2.45) is 0 Å². The number of fused-ring (bicyclic) bond motifs is 3. The summed E-state index contributed by atoms with van der Waals surface area (Å²) in [5.41, 5.74) is 1.14. The summed E-state index contributed by atoms with van der Waals surface area (Å²) in [7, 11) is 0. The van der Waals surface area contributed by atoms with Gasteiger partial charge in [0, 0.05) is 31.7 Å². The molecule has 7 nitrogen and oxygen atoms in total. The van der Waals surface area contributed by atoms with Gasteiger partial charge >= 0.3 is 12.8 Å². The van der Waals surface area contributed by atoms with Crippen LogP contribution >= 0.6 is 11.6 Å². The largest absolute Gasteiger partial charge is 0.419 e. The molecule has 2 aliphatic heterocycles. The number of morpholine rings is 1. The molecule has 0 aliphatic carbocycles. The van der Waals surface area contributed by atoms with Gasteiger partial charge in [0.25, 0.3) is 0 Å². The van der Waals surface area contributed by atoms with Crippen molar-refractivity contribution in [3.8, 4) is 0 Å². The maximum absolute atomic E-state index is 13.8. The summed E-state index contributed by atoms with van der Waals surface area (Å²) in [6, 6.07) is 6.09. The molecule has 5 rings (SSSR count). The number of hydrogen-bond acceptors (Lipinski definition) is 6. The summed E-state index contributed by atoms with van der Waals surface area (Å²) >= 11 is 6.31. The molecule has 36 heavy (non-hydrogen) atoms. The fourth-order valence-electron chi connectivity index (χ4n) is 4.79. The number of aryl methyl sites for hydroxylation is 2. The summed E-state index contributed by atoms with van der Waals surface area (Å²) in [5.74, 6) is 1.18. The number of alkyl halides is 5. The first-order valence-electron chi connectivity index (χ1n) is 11.4. The molecule has 4 heterocycles. The fourth-order valence-corrected chi connectivity index (χ4v) is 4.98. The number of pyridine rings is 1. The van der Waals surface area contributed by atoms with Crippen molar-refractivity contribution in [2.45, 2.75) is 38.8 Å². The van der Waals surface area contributed by atoms with E-state index in [4.69, 9.17) is 21.3 Å². The highest BCUT2D eigenvalue weighted by Gasteiger charge is 2.45. The third-order valence-electron chi connectivity index (χ3n) is 6.35. The second-order valence-corrected chi connectivity index (χ2v) is 9.00. The number of anilines is 3. The predicted molar refractivity (Wildman–Crippen MR) is 124 cm³/mol. The van der Waals surface area contributed by atoms with Crippen molar-refractivity contribution in [3.05, 3.63) is 40.5 Å². The molecule has 1 saturated heterocycles. The zero-order chi connectivity index (χ0) is 25.6. The van der Waals surface area contributed by atoms with Crippen molar-refractivity contribution >= 4 is 40.1 Å². The molecule has 1 unspecified atom stereocenters. The van der Waals surface area contributed by atoms with Crippen LogP contribution in [0.3, 0.4) is 0 Å². The summed E-state index contributed by atoms with van der Waals surface area (Å²) in [5, 5.41) is 0.117. The molecule has 1 fully saturated rings. The minimum absolute atomic E-state index is 0.0284. The average Bonchev–Trinajstić information content (AvgIpc) is 3.24. The lowest BCUT2D eigenvalue weighted by Gasteiger charge is -2.32. The quantitative estimate of drug-likeness (QED) is 0.399. The van der Waals surface area contributed by atoms with Crippen molar-refractivity contribution in [3.63, 3.8) is 0 Å². The average molecular weight is 532 g/mol. The van der Waals surface area contributed by atoms with Crippen molar-refractivity contribution in [1.82, 2.24) is 14.5 Å². The van der Waals surface area contributed by atoms with Gasteiger partial charge in [0.15, 0.2) is 6.10 Å². The van der Waals surface area contributed by atoms with Gasteiger partial charge < -0.3 is 23.8 Å². The number of hydrogen-bond donors (Lipinski definition) is 0. The first kappa shape index (κ1) is 25.0. The summed E-state index contributed by atoms with van der Waals surface area (Å²) in [6.45, 7) is 1.84. The van der Waals surface area contributed by atoms with Crippen LogP contribution in [-0.2, 0) is 16.0 Å². The third kappa shape index (κ3) is 4.57. The Morgan fingerprint density at radius 1 is 1.03 bits per heavy atom. The van der Waals surface area contributed by atoms with Crippen LogP contribution < -0.4 is 9.80 Å². The minimum atomic E-state index is -5.06. The van der Waals surface area contributed by atoms with E-state index in [9.17, 15) is 22.0 Å². The van der Waals surface area contributed by atoms with Crippen LogP contribution in [0.5, 0.6) is 0 Å². The van der Waals surface area contributed by atoms with Gasteiger partial charge in [-0.2, -0.15) is 22.0 Å². The van der Waals surface area contributed by atoms with Crippen LogP contribution in [-0.4, -0.2) is 60.2 Å². The van der Waals surface area contributed by atoms with Crippen molar-refractivity contribution in [1.29, 1.82) is 0 Å². The fraction of sp³-hybridized carbons (Fsp3) is 0.478. The standard InChI is InChI=1S/C23H23ClF5N5O2/c1-13-16(5-6-17(30-13)32-9-11-35-12-10-32)33-7-2-8-34-19-14(20(23(27,28)29)36-21(25)26)3-4-15(24)18(19)31-22(33)34/h3-6,20-21H,2,7-12H2,1H3. The second kappa shape index (κ2) is 9.64. The predicted octanol–water partition coefficient (Wildman–Crippen LogP) is 5.61. The lowest BCUT2D eigenvalue weighted by Crippen LogP contribution is -2.37. The SMILES string of the molecule is Cc1nc(N2CCOCC2)ccc1N1CCCn2c1nc1c(Cl)ccc(C(OC(F)F)C(F)(F)F)c12. The molecule has 0 bridgehead atoms. The Kier molecular flexibility index (Phi) is 6.69. The smallest absolute Gasteiger partial charge is 0.378 e. The van der Waals surface area contributed by atoms with E-state index in [-0.39, 0.29) is 16.1 Å². The lowest BCUT2D eigenvalue weighted by molar-refractivity contribution is -0.276. The van der Waals surface area contributed by atoms with E-state index in [1.807, 2.05) is 24.0 Å². The second-order valence-electron chi connectivity index (χ2n) is 8.59. The third-order valence-corrected chi connectivity index (χ3v) is 6.65. The van der Waals surface area contributed by atoms with Crippen LogP contribution in [0.2, 0.25) is 5.02 Å². The van der Waals surface area contributed by atoms with Gasteiger partial charge in [-0.25, -0.2) is 9.97 Å². The van der Waals surface area contributed by atoms with Gasteiger partial charge in [0.1, 0.15) is 11.3 Å². The minimum Gasteiger partial charge on any atom is -0.378 e. The normalized spacial score (nSPS) is 17.7. The first-order chi connectivity index (χ1) is 17.1. The van der Waals surface area contributed by atoms with Gasteiger partial charge in [0.05, 0.1) is 35.1 Å². The molecule has 0 N–H and O–H groups in total. The van der Waals surface area contributed by atoms with Crippen LogP contribution in [0.4, 0.5) is 39.4 Å². The summed E-state index contributed by atoms with van der Waals surface area (Å²) in [6.07, 6.45) is -7.31. The zero-order valence-electron chi connectivity index (χ0n) is 19.2. The number of nitrogens with zero attached hydrogens (tertiary/aromatic N) is 5. The van der Waals surface area contributed by atoms with Gasteiger partial charge in [0.2, 0.25) is 5.95 Å². The molecule has 1 atom stereocenters. The molecule has 0 saturated carbocycles. The van der Waals surface area contributed by atoms with Crippen LogP contribution in [0.1, 0.15) is 23.8 Å². The van der Waals surface area contributed by atoms with Gasteiger partial charge in [-0.15, -0.1) is 0 Å². The van der Waals surface area contributed by atoms with E-state index in [2.05, 4.69) is 14.6 Å². The van der Waals surface area contributed by atoms with E-state index in [1.165, 1.54) is 6.07 Å². The topological polar surface area (TPSA) is 55.7 Å². The molecule has 2 aromatic heterocycles. The highest BCUT2D eigenvalue weighted by molar-refractivity contribution is 6.35. The zero-order valence-corrected chi connectivity index (χ0v) is 20.0. The molecule has 0 amide bonds. The van der Waals surface area contributed by atoms with Crippen molar-refractivity contribution < 1.29 is 31.4 Å². The lowest BCUT2D eigenvalue weighted by atomic mass is 10.1. The highest BCUT2D eigenvalue weighted by Crippen LogP contribution is 2.44. The van der Waals surface area contributed by atoms with E-state index in [0.29, 0.717) is 38.7 Å². The maximum atomic E-state index is 13.8. The van der Waals surface area contributed by atoms with E-state index in [0.717, 1.165) is 36.4 Å². The molecule has 13 heteroatoms. The Morgan fingerprint density at radius 2 is 1.78 bits per heavy atom. The van der Waals surface area contributed by atoms with E-state index >= 15 is 0 Å². The van der Waals surface area contributed by atoms with E-state index < -0.39 is 24.5 Å². The summed E-state index contributed by atoms with van der Waals surface area (Å²) < 4.78 is 78.2. The number of ether oxygens (including phenoxy) is 2. The number of halogens is 6. The Labute approximate surface area is 208 Å². The molecule has 0 spiro atoms. The molecular formula is C23H23ClF5N5O2. The van der Waals surface area contributed by atoms with Crippen molar-refractivity contribution in [2.75, 3.05) is 42.6 Å². The van der Waals surface area contributed by atoms with Gasteiger partial charge in [-0.3, -0.25) is 0 Å². The first-order valence-corrected chi connectivity index (χ1v) is 11.8. The molecule has 2 aliphatic rings.